The Morgan fingerprint density at radius 2 is 1.56 bits per heavy atom. The van der Waals surface area contributed by atoms with Gasteiger partial charge in [-0.1, -0.05) is 12.1 Å². The number of nitrogens with zero attached hydrogens (tertiary/aromatic N) is 10. The van der Waals surface area contributed by atoms with Crippen LogP contribution in [-0.2, 0) is 20.9 Å². The molecule has 2 amide bonds. The van der Waals surface area contributed by atoms with Crippen molar-refractivity contribution in [2.75, 3.05) is 52.1 Å². The third-order valence-electron chi connectivity index (χ3n) is 9.57. The summed E-state index contributed by atoms with van der Waals surface area (Å²) in [6.07, 6.45) is 10.3. The van der Waals surface area contributed by atoms with Crippen LogP contribution in [0.2, 0.25) is 0 Å². The number of rotatable bonds is 6. The fourth-order valence-corrected chi connectivity index (χ4v) is 6.69. The SMILES string of the molecule is CN(C)C(=O)CCl.CN(C)C(=O)Cn1cc2c(N)nc3cc(-c4ccn[nH]4)ccc3c2n1.Nc1nc2cc(-c3ccnn3C3CCCCO3)ccc2c2[nH]ncc12. The van der Waals surface area contributed by atoms with Crippen molar-refractivity contribution in [1.82, 2.24) is 59.7 Å². The van der Waals surface area contributed by atoms with Crippen LogP contribution in [0.5, 0.6) is 0 Å². The second-order valence-corrected chi connectivity index (χ2v) is 14.1. The molecule has 1 aliphatic heterocycles. The van der Waals surface area contributed by atoms with Crippen LogP contribution < -0.4 is 11.5 Å². The first kappa shape index (κ1) is 38.7. The van der Waals surface area contributed by atoms with Gasteiger partial charge in [0.2, 0.25) is 11.8 Å². The Labute approximate surface area is 331 Å². The number of H-pyrrole nitrogens is 2. The Balaban J connectivity index is 0.000000150. The van der Waals surface area contributed by atoms with Crippen LogP contribution in [0, 0.1) is 0 Å². The Morgan fingerprint density at radius 3 is 2.25 bits per heavy atom. The monoisotopic (exact) mass is 790 g/mol. The molecule has 2 aromatic carbocycles. The van der Waals surface area contributed by atoms with Gasteiger partial charge in [-0.25, -0.2) is 14.6 Å². The normalized spacial score (nSPS) is 13.9. The molecule has 8 aromatic rings. The third kappa shape index (κ3) is 8.20. The fraction of sp³-hybridized carbons (Fsp3) is 0.282. The molecule has 6 N–H and O–H groups in total. The maximum atomic E-state index is 11.9. The first-order valence-electron chi connectivity index (χ1n) is 18.2. The van der Waals surface area contributed by atoms with Gasteiger partial charge < -0.3 is 26.0 Å². The smallest absolute Gasteiger partial charge is 0.243 e. The molecule has 1 saturated heterocycles. The molecule has 6 aromatic heterocycles. The molecule has 294 valence electrons. The van der Waals surface area contributed by atoms with E-state index in [0.717, 1.165) is 92.0 Å². The van der Waals surface area contributed by atoms with E-state index < -0.39 is 0 Å². The zero-order valence-electron chi connectivity index (χ0n) is 32.0. The van der Waals surface area contributed by atoms with Gasteiger partial charge in [0.05, 0.1) is 44.9 Å². The van der Waals surface area contributed by atoms with E-state index in [1.54, 1.807) is 51.5 Å². The number of hydrogen-bond donors (Lipinski definition) is 4. The molecule has 1 aliphatic rings. The number of hydrogen-bond acceptors (Lipinski definition) is 11. The fourth-order valence-electron chi connectivity index (χ4n) is 6.45. The molecule has 1 atom stereocenters. The molecular formula is C39H43ClN14O3. The number of amides is 2. The van der Waals surface area contributed by atoms with Crippen molar-refractivity contribution >= 4 is 78.7 Å². The largest absolute Gasteiger partial charge is 0.383 e. The van der Waals surface area contributed by atoms with E-state index in [1.807, 2.05) is 47.3 Å². The summed E-state index contributed by atoms with van der Waals surface area (Å²) in [6, 6.07) is 16.0. The van der Waals surface area contributed by atoms with E-state index in [1.165, 1.54) is 9.80 Å². The van der Waals surface area contributed by atoms with Crippen LogP contribution in [0.4, 0.5) is 11.6 Å². The zero-order chi connectivity index (χ0) is 40.2. The highest BCUT2D eigenvalue weighted by Gasteiger charge is 2.20. The number of carbonyl (C=O) groups is 2. The summed E-state index contributed by atoms with van der Waals surface area (Å²) in [7, 11) is 6.77. The van der Waals surface area contributed by atoms with Crippen molar-refractivity contribution in [2.45, 2.75) is 32.0 Å². The number of ether oxygens (including phenoxy) is 1. The van der Waals surface area contributed by atoms with E-state index >= 15 is 0 Å². The number of pyridine rings is 2. The summed E-state index contributed by atoms with van der Waals surface area (Å²) in [6.45, 7) is 0.951. The van der Waals surface area contributed by atoms with Crippen LogP contribution in [0.25, 0.3) is 66.1 Å². The van der Waals surface area contributed by atoms with Crippen molar-refractivity contribution in [3.05, 3.63) is 73.3 Å². The number of fused-ring (bicyclic) bond motifs is 6. The molecule has 0 bridgehead atoms. The summed E-state index contributed by atoms with van der Waals surface area (Å²) < 4.78 is 9.46. The van der Waals surface area contributed by atoms with Crippen LogP contribution in [0.15, 0.2) is 73.3 Å². The quantitative estimate of drug-likeness (QED) is 0.160. The second kappa shape index (κ2) is 16.6. The molecule has 57 heavy (non-hydrogen) atoms. The number of nitrogen functional groups attached to an aromatic ring is 2. The van der Waals surface area contributed by atoms with Gasteiger partial charge in [0.15, 0.2) is 6.23 Å². The number of halogens is 1. The molecule has 9 rings (SSSR count). The lowest BCUT2D eigenvalue weighted by molar-refractivity contribution is -0.129. The number of anilines is 2. The molecular weight excluding hydrogens is 748 g/mol. The zero-order valence-corrected chi connectivity index (χ0v) is 32.7. The summed E-state index contributed by atoms with van der Waals surface area (Å²) in [4.78, 5) is 34.3. The first-order chi connectivity index (χ1) is 27.5. The summed E-state index contributed by atoms with van der Waals surface area (Å²) in [5, 5.41) is 26.5. The van der Waals surface area contributed by atoms with E-state index in [4.69, 9.17) is 27.8 Å². The van der Waals surface area contributed by atoms with Crippen molar-refractivity contribution in [3.8, 4) is 22.5 Å². The average Bonchev–Trinajstić information content (AvgIpc) is 4.06. The van der Waals surface area contributed by atoms with Gasteiger partial charge in [-0.15, -0.1) is 11.6 Å². The lowest BCUT2D eigenvalue weighted by Crippen LogP contribution is -2.26. The minimum atomic E-state index is -0.0540. The maximum Gasteiger partial charge on any atom is 0.243 e. The average molecular weight is 791 g/mol. The molecule has 18 heteroatoms. The van der Waals surface area contributed by atoms with Crippen molar-refractivity contribution in [3.63, 3.8) is 0 Å². The number of likely N-dealkylation sites (N-methyl/N-ethyl adjacent to an activating group) is 1. The predicted molar refractivity (Wildman–Crippen MR) is 221 cm³/mol. The lowest BCUT2D eigenvalue weighted by atomic mass is 10.1. The van der Waals surface area contributed by atoms with Gasteiger partial charge in [-0.2, -0.15) is 20.4 Å². The molecule has 17 nitrogen and oxygen atoms in total. The lowest BCUT2D eigenvalue weighted by Gasteiger charge is -2.24. The standard InChI is InChI=1S/C18H18N6O.C17H17N7O.C4H8ClNO/c19-18-13-10-20-23-17(13)12-5-4-11(9-14(12)22-18)15-6-7-21-24(15)16-3-1-2-8-25-16;1-23(2)15(25)9-24-8-12-16(22-24)11-4-3-10(13-5-6-19-21-13)7-14(11)20-17(12)18;1-6(2)4(7)3-5/h4-7,9-10,16H,1-3,8H2,(H2,19,22)(H,20,23);3-8H,9H2,1-2H3,(H2,18,20)(H,19,21);3H2,1-2H3. The van der Waals surface area contributed by atoms with Crippen LogP contribution >= 0.6 is 11.6 Å². The predicted octanol–water partition coefficient (Wildman–Crippen LogP) is 5.21. The molecule has 7 heterocycles. The topological polar surface area (TPSA) is 221 Å². The maximum absolute atomic E-state index is 11.9. The van der Waals surface area contributed by atoms with Crippen molar-refractivity contribution in [2.24, 2.45) is 0 Å². The molecule has 0 saturated carbocycles. The highest BCUT2D eigenvalue weighted by atomic mass is 35.5. The molecule has 0 radical (unpaired) electrons. The van der Waals surface area contributed by atoms with Gasteiger partial charge in [0.25, 0.3) is 0 Å². The van der Waals surface area contributed by atoms with Gasteiger partial charge >= 0.3 is 0 Å². The van der Waals surface area contributed by atoms with Gasteiger partial charge in [0, 0.05) is 75.3 Å². The number of nitrogens with one attached hydrogen (secondary N) is 2. The summed E-state index contributed by atoms with van der Waals surface area (Å²) in [5.74, 6) is 0.865. The number of carbonyl (C=O) groups excluding carboxylic acids is 2. The van der Waals surface area contributed by atoms with Gasteiger partial charge in [-0.3, -0.25) is 24.5 Å². The number of aromatic amines is 2. The Kier molecular flexibility index (Phi) is 11.3. The highest BCUT2D eigenvalue weighted by molar-refractivity contribution is 6.27. The highest BCUT2D eigenvalue weighted by Crippen LogP contribution is 2.33. The van der Waals surface area contributed by atoms with E-state index in [-0.39, 0.29) is 30.5 Å². The summed E-state index contributed by atoms with van der Waals surface area (Å²) in [5.41, 5.74) is 19.4. The van der Waals surface area contributed by atoms with E-state index in [2.05, 4.69) is 52.7 Å². The molecule has 1 fully saturated rings. The van der Waals surface area contributed by atoms with E-state index in [0.29, 0.717) is 11.6 Å². The van der Waals surface area contributed by atoms with Crippen LogP contribution in [0.3, 0.4) is 0 Å². The number of nitrogens with two attached hydrogens (primary N) is 2. The third-order valence-corrected chi connectivity index (χ3v) is 9.80. The minimum Gasteiger partial charge on any atom is -0.383 e. The number of benzene rings is 2. The number of aromatic nitrogens is 10. The van der Waals surface area contributed by atoms with Crippen molar-refractivity contribution < 1.29 is 14.3 Å². The molecule has 0 spiro atoms. The van der Waals surface area contributed by atoms with Crippen molar-refractivity contribution in [1.29, 1.82) is 0 Å². The first-order valence-corrected chi connectivity index (χ1v) is 18.8. The van der Waals surface area contributed by atoms with Gasteiger partial charge in [-0.05, 0) is 55.7 Å². The van der Waals surface area contributed by atoms with Crippen LogP contribution in [0.1, 0.15) is 25.5 Å². The minimum absolute atomic E-state index is 0.00237. The van der Waals surface area contributed by atoms with E-state index in [9.17, 15) is 9.59 Å². The Bertz CT molecular complexity index is 2680. The molecule has 0 aliphatic carbocycles. The second-order valence-electron chi connectivity index (χ2n) is 13.9. The molecule has 1 unspecified atom stereocenters. The Hall–Kier alpha value is -6.59. The summed E-state index contributed by atoms with van der Waals surface area (Å²) >= 11 is 5.16. The van der Waals surface area contributed by atoms with Gasteiger partial charge in [0.1, 0.15) is 29.6 Å². The Morgan fingerprint density at radius 1 is 0.842 bits per heavy atom. The van der Waals surface area contributed by atoms with Crippen LogP contribution in [-0.4, -0.2) is 112 Å². The number of alkyl halides is 1.